The quantitative estimate of drug-likeness (QED) is 0.847. The van der Waals surface area contributed by atoms with Gasteiger partial charge in [-0.25, -0.2) is 9.78 Å². The molecular formula is C15H17N3O2. The van der Waals surface area contributed by atoms with Crippen molar-refractivity contribution in [3.63, 3.8) is 0 Å². The molecule has 0 aliphatic heterocycles. The Balaban J connectivity index is 2.09. The van der Waals surface area contributed by atoms with E-state index in [1.54, 1.807) is 31.5 Å². The number of rotatable bonds is 5. The maximum atomic E-state index is 11.8. The Hall–Kier alpha value is -2.43. The summed E-state index contributed by atoms with van der Waals surface area (Å²) in [4.78, 5) is 20.2. The van der Waals surface area contributed by atoms with Gasteiger partial charge in [0.2, 0.25) is 0 Å². The molecule has 0 amide bonds. The average Bonchev–Trinajstić information content (AvgIpc) is 2.47. The highest BCUT2D eigenvalue weighted by molar-refractivity contribution is 5.94. The molecule has 0 saturated carbocycles. The second-order valence-corrected chi connectivity index (χ2v) is 4.28. The van der Waals surface area contributed by atoms with Crippen molar-refractivity contribution in [2.75, 3.05) is 11.9 Å². The lowest BCUT2D eigenvalue weighted by atomic mass is 10.2. The van der Waals surface area contributed by atoms with Gasteiger partial charge in [-0.3, -0.25) is 4.98 Å². The number of pyridine rings is 2. The topological polar surface area (TPSA) is 64.1 Å². The summed E-state index contributed by atoms with van der Waals surface area (Å²) in [5.74, 6) is 0.150. The SMILES string of the molecule is CCOC(=O)c1cccnc1NCc1ccc(C)nc1. The molecule has 5 nitrogen and oxygen atoms in total. The lowest BCUT2D eigenvalue weighted by Crippen LogP contribution is -2.11. The molecule has 0 aliphatic carbocycles. The van der Waals surface area contributed by atoms with Crippen molar-refractivity contribution < 1.29 is 9.53 Å². The van der Waals surface area contributed by atoms with Gasteiger partial charge in [0, 0.05) is 24.6 Å². The van der Waals surface area contributed by atoms with E-state index in [1.165, 1.54) is 0 Å². The molecule has 2 heterocycles. The van der Waals surface area contributed by atoms with Crippen LogP contribution in [-0.4, -0.2) is 22.5 Å². The summed E-state index contributed by atoms with van der Waals surface area (Å²) in [6, 6.07) is 7.34. The molecular weight excluding hydrogens is 254 g/mol. The van der Waals surface area contributed by atoms with Crippen LogP contribution < -0.4 is 5.32 Å². The maximum Gasteiger partial charge on any atom is 0.341 e. The predicted octanol–water partition coefficient (Wildman–Crippen LogP) is 2.57. The van der Waals surface area contributed by atoms with E-state index in [2.05, 4.69) is 15.3 Å². The average molecular weight is 271 g/mol. The van der Waals surface area contributed by atoms with Gasteiger partial charge in [-0.2, -0.15) is 0 Å². The molecule has 0 aromatic carbocycles. The van der Waals surface area contributed by atoms with E-state index < -0.39 is 0 Å². The summed E-state index contributed by atoms with van der Waals surface area (Å²) in [6.45, 7) is 4.61. The van der Waals surface area contributed by atoms with Gasteiger partial charge in [-0.05, 0) is 37.6 Å². The number of aryl methyl sites for hydroxylation is 1. The van der Waals surface area contributed by atoms with Crippen LogP contribution in [0.15, 0.2) is 36.7 Å². The molecule has 0 bridgehead atoms. The minimum Gasteiger partial charge on any atom is -0.462 e. The summed E-state index contributed by atoms with van der Waals surface area (Å²) in [6.07, 6.45) is 3.44. The van der Waals surface area contributed by atoms with Crippen molar-refractivity contribution >= 4 is 11.8 Å². The van der Waals surface area contributed by atoms with Crippen LogP contribution in [-0.2, 0) is 11.3 Å². The molecule has 0 aliphatic rings. The van der Waals surface area contributed by atoms with Crippen LogP contribution >= 0.6 is 0 Å². The van der Waals surface area contributed by atoms with Crippen LogP contribution in [0, 0.1) is 6.92 Å². The fourth-order valence-corrected chi connectivity index (χ4v) is 1.71. The summed E-state index contributed by atoms with van der Waals surface area (Å²) in [5, 5.41) is 3.14. The Morgan fingerprint density at radius 3 is 2.85 bits per heavy atom. The minimum absolute atomic E-state index is 0.342. The lowest BCUT2D eigenvalue weighted by Gasteiger charge is -2.10. The van der Waals surface area contributed by atoms with E-state index in [1.807, 2.05) is 19.1 Å². The van der Waals surface area contributed by atoms with Crippen LogP contribution in [0.2, 0.25) is 0 Å². The minimum atomic E-state index is -0.370. The highest BCUT2D eigenvalue weighted by atomic mass is 16.5. The Morgan fingerprint density at radius 1 is 1.30 bits per heavy atom. The van der Waals surface area contributed by atoms with Crippen LogP contribution in [0.4, 0.5) is 5.82 Å². The third-order valence-corrected chi connectivity index (χ3v) is 2.74. The highest BCUT2D eigenvalue weighted by Crippen LogP contribution is 2.14. The second-order valence-electron chi connectivity index (χ2n) is 4.28. The number of ether oxygens (including phenoxy) is 1. The number of hydrogen-bond acceptors (Lipinski definition) is 5. The predicted molar refractivity (Wildman–Crippen MR) is 76.5 cm³/mol. The smallest absolute Gasteiger partial charge is 0.341 e. The van der Waals surface area contributed by atoms with Crippen molar-refractivity contribution in [2.24, 2.45) is 0 Å². The largest absolute Gasteiger partial charge is 0.462 e. The summed E-state index contributed by atoms with van der Waals surface area (Å²) >= 11 is 0. The molecule has 2 rings (SSSR count). The van der Waals surface area contributed by atoms with Crippen molar-refractivity contribution in [1.29, 1.82) is 0 Å². The number of carbonyl (C=O) groups is 1. The van der Waals surface area contributed by atoms with E-state index in [9.17, 15) is 4.79 Å². The molecule has 2 aromatic rings. The highest BCUT2D eigenvalue weighted by Gasteiger charge is 2.12. The first-order valence-electron chi connectivity index (χ1n) is 6.48. The van der Waals surface area contributed by atoms with Gasteiger partial charge in [-0.15, -0.1) is 0 Å². The number of esters is 1. The number of nitrogens with one attached hydrogen (secondary N) is 1. The zero-order valence-corrected chi connectivity index (χ0v) is 11.6. The molecule has 2 aromatic heterocycles. The molecule has 5 heteroatoms. The molecule has 0 spiro atoms. The number of carbonyl (C=O) groups excluding carboxylic acids is 1. The van der Waals surface area contributed by atoms with Gasteiger partial charge in [-0.1, -0.05) is 6.07 Å². The van der Waals surface area contributed by atoms with Crippen molar-refractivity contribution in [3.05, 3.63) is 53.5 Å². The zero-order valence-electron chi connectivity index (χ0n) is 11.6. The summed E-state index contributed by atoms with van der Waals surface area (Å²) in [7, 11) is 0. The van der Waals surface area contributed by atoms with Crippen LogP contribution in [0.3, 0.4) is 0 Å². The number of anilines is 1. The third-order valence-electron chi connectivity index (χ3n) is 2.74. The standard InChI is InChI=1S/C15H17N3O2/c1-3-20-15(19)13-5-4-8-16-14(13)18-10-12-7-6-11(2)17-9-12/h4-9H,3,10H2,1-2H3,(H,16,18). The van der Waals surface area contributed by atoms with Gasteiger partial charge < -0.3 is 10.1 Å². The van der Waals surface area contributed by atoms with Crippen molar-refractivity contribution in [2.45, 2.75) is 20.4 Å². The Morgan fingerprint density at radius 2 is 2.15 bits per heavy atom. The molecule has 0 radical (unpaired) electrons. The number of aromatic nitrogens is 2. The Bertz CT molecular complexity index is 582. The van der Waals surface area contributed by atoms with E-state index >= 15 is 0 Å². The Kier molecular flexibility index (Phi) is 4.65. The van der Waals surface area contributed by atoms with Crippen molar-refractivity contribution in [3.8, 4) is 0 Å². The normalized spacial score (nSPS) is 10.1. The van der Waals surface area contributed by atoms with Gasteiger partial charge in [0.25, 0.3) is 0 Å². The molecule has 0 fully saturated rings. The Labute approximate surface area is 118 Å². The second kappa shape index (κ2) is 6.65. The summed E-state index contributed by atoms with van der Waals surface area (Å²) < 4.78 is 5.01. The molecule has 0 unspecified atom stereocenters. The molecule has 0 saturated heterocycles. The summed E-state index contributed by atoms with van der Waals surface area (Å²) in [5.41, 5.74) is 2.43. The maximum absolute atomic E-state index is 11.8. The van der Waals surface area contributed by atoms with E-state index in [0.717, 1.165) is 11.3 Å². The van der Waals surface area contributed by atoms with E-state index in [-0.39, 0.29) is 5.97 Å². The van der Waals surface area contributed by atoms with Crippen LogP contribution in [0.25, 0.3) is 0 Å². The zero-order chi connectivity index (χ0) is 14.4. The molecule has 20 heavy (non-hydrogen) atoms. The third kappa shape index (κ3) is 3.54. The number of nitrogens with zero attached hydrogens (tertiary/aromatic N) is 2. The number of hydrogen-bond donors (Lipinski definition) is 1. The van der Waals surface area contributed by atoms with E-state index in [0.29, 0.717) is 24.5 Å². The fourth-order valence-electron chi connectivity index (χ4n) is 1.71. The van der Waals surface area contributed by atoms with Crippen molar-refractivity contribution in [1.82, 2.24) is 9.97 Å². The van der Waals surface area contributed by atoms with Crippen LogP contribution in [0.5, 0.6) is 0 Å². The molecule has 0 atom stereocenters. The van der Waals surface area contributed by atoms with E-state index in [4.69, 9.17) is 4.74 Å². The molecule has 1 N–H and O–H groups in total. The lowest BCUT2D eigenvalue weighted by molar-refractivity contribution is 0.0527. The first kappa shape index (κ1) is 14.0. The first-order valence-corrected chi connectivity index (χ1v) is 6.48. The fraction of sp³-hybridized carbons (Fsp3) is 0.267. The molecule has 104 valence electrons. The van der Waals surface area contributed by atoms with Gasteiger partial charge in [0.05, 0.1) is 6.61 Å². The van der Waals surface area contributed by atoms with Gasteiger partial charge in [0.15, 0.2) is 0 Å². The van der Waals surface area contributed by atoms with Gasteiger partial charge in [0.1, 0.15) is 11.4 Å². The van der Waals surface area contributed by atoms with Gasteiger partial charge >= 0.3 is 5.97 Å². The van der Waals surface area contributed by atoms with Crippen LogP contribution in [0.1, 0.15) is 28.5 Å². The first-order chi connectivity index (χ1) is 9.70. The monoisotopic (exact) mass is 271 g/mol.